The van der Waals surface area contributed by atoms with Crippen molar-refractivity contribution in [3.8, 4) is 11.3 Å². The van der Waals surface area contributed by atoms with Gasteiger partial charge in [-0.1, -0.05) is 12.1 Å². The number of ether oxygens (including phenoxy) is 2. The first kappa shape index (κ1) is 16.1. The number of carbonyl (C=O) groups is 2. The predicted molar refractivity (Wildman–Crippen MR) is 96.7 cm³/mol. The molecule has 0 radical (unpaired) electrons. The van der Waals surface area contributed by atoms with Crippen LogP contribution in [0, 0.1) is 6.92 Å². The normalized spacial score (nSPS) is 11.2. The molecule has 4 rings (SSSR count). The fourth-order valence-electron chi connectivity index (χ4n) is 3.61. The van der Waals surface area contributed by atoms with Crippen LogP contribution in [-0.4, -0.2) is 35.5 Å². The first-order valence-corrected chi connectivity index (χ1v) is 8.07. The Hall–Kier alpha value is -3.41. The lowest BCUT2D eigenvalue weighted by atomic mass is 10.0. The number of methoxy groups -OCH3 is 2. The average Bonchev–Trinajstić information content (AvgIpc) is 3.18. The van der Waals surface area contributed by atoms with Gasteiger partial charge in [0.25, 0.3) is 0 Å². The second kappa shape index (κ2) is 5.84. The molecule has 0 aliphatic heterocycles. The molecule has 0 amide bonds. The molecule has 6 heteroatoms. The van der Waals surface area contributed by atoms with Crippen molar-refractivity contribution in [2.45, 2.75) is 6.92 Å². The maximum atomic E-state index is 12.5. The van der Waals surface area contributed by atoms with E-state index < -0.39 is 11.9 Å². The largest absolute Gasteiger partial charge is 0.465 e. The van der Waals surface area contributed by atoms with Gasteiger partial charge in [-0.15, -0.1) is 0 Å². The van der Waals surface area contributed by atoms with Crippen molar-refractivity contribution in [2.24, 2.45) is 0 Å². The Morgan fingerprint density at radius 3 is 2.27 bits per heavy atom. The molecular weight excluding hydrogens is 332 g/mol. The Labute approximate surface area is 149 Å². The zero-order valence-electron chi connectivity index (χ0n) is 14.6. The van der Waals surface area contributed by atoms with Gasteiger partial charge in [-0.3, -0.25) is 4.98 Å². The van der Waals surface area contributed by atoms with Gasteiger partial charge in [0, 0.05) is 11.8 Å². The standard InChI is InChI=1S/C20H16N2O4/c1-11-15(12-7-4-5-10-21-12)13-8-6-9-14-16(19(23)25-2)17(20(24)26-3)18(11)22(13)14/h4-10H,1-3H3. The van der Waals surface area contributed by atoms with Crippen LogP contribution < -0.4 is 0 Å². The fraction of sp³-hybridized carbons (Fsp3) is 0.150. The number of esters is 2. The molecule has 0 bridgehead atoms. The molecule has 4 aromatic rings. The highest BCUT2D eigenvalue weighted by molar-refractivity contribution is 6.16. The zero-order chi connectivity index (χ0) is 18.4. The van der Waals surface area contributed by atoms with E-state index >= 15 is 0 Å². The van der Waals surface area contributed by atoms with Crippen LogP contribution in [0.1, 0.15) is 26.3 Å². The fourth-order valence-corrected chi connectivity index (χ4v) is 3.61. The molecule has 130 valence electrons. The summed E-state index contributed by atoms with van der Waals surface area (Å²) in [5.74, 6) is -1.14. The first-order valence-electron chi connectivity index (χ1n) is 8.07. The molecule has 0 fully saturated rings. The van der Waals surface area contributed by atoms with E-state index in [0.29, 0.717) is 11.0 Å². The Morgan fingerprint density at radius 2 is 1.62 bits per heavy atom. The molecule has 0 unspecified atom stereocenters. The summed E-state index contributed by atoms with van der Waals surface area (Å²) in [5, 5.41) is 0. The van der Waals surface area contributed by atoms with E-state index in [2.05, 4.69) is 4.98 Å². The highest BCUT2D eigenvalue weighted by Gasteiger charge is 2.31. The minimum absolute atomic E-state index is 0.218. The van der Waals surface area contributed by atoms with E-state index in [1.165, 1.54) is 14.2 Å². The molecule has 0 aromatic carbocycles. The highest BCUT2D eigenvalue weighted by atomic mass is 16.5. The maximum absolute atomic E-state index is 12.5. The number of nitrogens with zero attached hydrogens (tertiary/aromatic N) is 2. The van der Waals surface area contributed by atoms with Gasteiger partial charge < -0.3 is 13.9 Å². The minimum atomic E-state index is -0.573. The molecule has 0 spiro atoms. The van der Waals surface area contributed by atoms with E-state index in [4.69, 9.17) is 9.47 Å². The molecule has 0 saturated heterocycles. The van der Waals surface area contributed by atoms with Crippen LogP contribution in [0.5, 0.6) is 0 Å². The summed E-state index contributed by atoms with van der Waals surface area (Å²) in [5.41, 5.74) is 5.14. The summed E-state index contributed by atoms with van der Waals surface area (Å²) in [6, 6.07) is 11.3. The van der Waals surface area contributed by atoms with Crippen LogP contribution >= 0.6 is 0 Å². The van der Waals surface area contributed by atoms with Gasteiger partial charge in [-0.05, 0) is 36.8 Å². The maximum Gasteiger partial charge on any atom is 0.340 e. The van der Waals surface area contributed by atoms with Gasteiger partial charge in [-0.25, -0.2) is 9.59 Å². The Balaban J connectivity index is 2.21. The van der Waals surface area contributed by atoms with Gasteiger partial charge in [-0.2, -0.15) is 0 Å². The molecule has 0 aliphatic rings. The smallest absolute Gasteiger partial charge is 0.340 e. The Kier molecular flexibility index (Phi) is 3.61. The number of carbonyl (C=O) groups excluding carboxylic acids is 2. The summed E-state index contributed by atoms with van der Waals surface area (Å²) in [6.45, 7) is 1.92. The van der Waals surface area contributed by atoms with Gasteiger partial charge in [0.2, 0.25) is 0 Å². The number of aryl methyl sites for hydroxylation is 1. The topological polar surface area (TPSA) is 69.9 Å². The van der Waals surface area contributed by atoms with Crippen molar-refractivity contribution in [2.75, 3.05) is 14.2 Å². The molecule has 6 nitrogen and oxygen atoms in total. The number of hydrogen-bond acceptors (Lipinski definition) is 5. The summed E-state index contributed by atoms with van der Waals surface area (Å²) in [4.78, 5) is 29.4. The predicted octanol–water partition coefficient (Wildman–Crippen LogP) is 3.47. The van der Waals surface area contributed by atoms with Crippen LogP contribution in [0.4, 0.5) is 0 Å². The van der Waals surface area contributed by atoms with E-state index in [1.54, 1.807) is 12.3 Å². The van der Waals surface area contributed by atoms with Crippen LogP contribution in [0.3, 0.4) is 0 Å². The molecule has 4 heterocycles. The van der Waals surface area contributed by atoms with Gasteiger partial charge in [0.15, 0.2) is 0 Å². The molecule has 0 atom stereocenters. The number of aromatic nitrogens is 2. The van der Waals surface area contributed by atoms with Crippen molar-refractivity contribution >= 4 is 28.5 Å². The Bertz CT molecular complexity index is 1150. The molecular formula is C20H16N2O4. The molecule has 0 aliphatic carbocycles. The van der Waals surface area contributed by atoms with Crippen molar-refractivity contribution < 1.29 is 19.1 Å². The van der Waals surface area contributed by atoms with Crippen molar-refractivity contribution in [3.63, 3.8) is 0 Å². The number of pyridine rings is 2. The summed E-state index contributed by atoms with van der Waals surface area (Å²) >= 11 is 0. The number of rotatable bonds is 3. The van der Waals surface area contributed by atoms with E-state index in [1.807, 2.05) is 41.7 Å². The van der Waals surface area contributed by atoms with Crippen LogP contribution in [0.2, 0.25) is 0 Å². The van der Waals surface area contributed by atoms with Gasteiger partial charge in [0.05, 0.1) is 36.5 Å². The van der Waals surface area contributed by atoms with Gasteiger partial charge >= 0.3 is 11.9 Å². The minimum Gasteiger partial charge on any atom is -0.465 e. The SMILES string of the molecule is COC(=O)c1c(C(=O)OC)c2c(C)c(-c3ccccn3)c3cccc1n32. The molecule has 26 heavy (non-hydrogen) atoms. The monoisotopic (exact) mass is 348 g/mol. The first-order chi connectivity index (χ1) is 12.6. The lowest BCUT2D eigenvalue weighted by molar-refractivity contribution is 0.0559. The second-order valence-corrected chi connectivity index (χ2v) is 5.93. The quantitative estimate of drug-likeness (QED) is 0.530. The molecule has 0 N–H and O–H groups in total. The van der Waals surface area contributed by atoms with E-state index in [9.17, 15) is 9.59 Å². The third-order valence-electron chi connectivity index (χ3n) is 4.64. The molecule has 4 aromatic heterocycles. The number of hydrogen-bond donors (Lipinski definition) is 0. The van der Waals surface area contributed by atoms with Crippen LogP contribution in [0.15, 0.2) is 42.6 Å². The van der Waals surface area contributed by atoms with Crippen molar-refractivity contribution in [1.82, 2.24) is 9.38 Å². The van der Waals surface area contributed by atoms with Gasteiger partial charge in [0.1, 0.15) is 11.1 Å². The lowest BCUT2D eigenvalue weighted by Gasteiger charge is -2.05. The third-order valence-corrected chi connectivity index (χ3v) is 4.64. The van der Waals surface area contributed by atoms with Crippen LogP contribution in [-0.2, 0) is 9.47 Å². The Morgan fingerprint density at radius 1 is 0.923 bits per heavy atom. The summed E-state index contributed by atoms with van der Waals surface area (Å²) < 4.78 is 11.8. The third kappa shape index (κ3) is 2.02. The van der Waals surface area contributed by atoms with Crippen molar-refractivity contribution in [1.29, 1.82) is 0 Å². The average molecular weight is 348 g/mol. The second-order valence-electron chi connectivity index (χ2n) is 5.93. The van der Waals surface area contributed by atoms with E-state index in [-0.39, 0.29) is 11.1 Å². The van der Waals surface area contributed by atoms with E-state index in [0.717, 1.165) is 22.3 Å². The van der Waals surface area contributed by atoms with Crippen LogP contribution in [0.25, 0.3) is 27.8 Å². The lowest BCUT2D eigenvalue weighted by Crippen LogP contribution is -2.10. The zero-order valence-corrected chi connectivity index (χ0v) is 14.6. The summed E-state index contributed by atoms with van der Waals surface area (Å²) in [6.07, 6.45) is 1.73. The molecule has 0 saturated carbocycles. The van der Waals surface area contributed by atoms with Crippen molar-refractivity contribution in [3.05, 3.63) is 59.3 Å². The summed E-state index contributed by atoms with van der Waals surface area (Å²) in [7, 11) is 2.59. The highest BCUT2D eigenvalue weighted by Crippen LogP contribution is 2.39.